The largest absolute Gasteiger partial charge is 0.355 e. The van der Waals surface area contributed by atoms with Gasteiger partial charge in [0.15, 0.2) is 0 Å². The molecule has 0 atom stereocenters. The maximum absolute atomic E-state index is 3.70. The van der Waals surface area contributed by atoms with Crippen LogP contribution in [0.1, 0.15) is 56.2 Å². The minimum Gasteiger partial charge on any atom is -0.355 e. The van der Waals surface area contributed by atoms with Crippen LogP contribution in [0.4, 0.5) is 11.4 Å². The Balaban J connectivity index is 2.11. The molecule has 0 saturated carbocycles. The molecule has 0 spiro atoms. The fourth-order valence-corrected chi connectivity index (χ4v) is 4.49. The quantitative estimate of drug-likeness (QED) is 0.366. The average molecular weight is 415 g/mol. The van der Waals surface area contributed by atoms with Crippen LogP contribution in [0.25, 0.3) is 11.1 Å². The maximum atomic E-state index is 3.70. The number of hydrogen-bond donors (Lipinski definition) is 1. The van der Waals surface area contributed by atoms with Crippen molar-refractivity contribution in [2.45, 2.75) is 52.4 Å². The number of anilines is 2. The molecule has 0 aliphatic heterocycles. The molecule has 0 heterocycles. The summed E-state index contributed by atoms with van der Waals surface area (Å²) in [7, 11) is 4.31. The molecule has 0 aromatic heterocycles. The highest BCUT2D eigenvalue weighted by molar-refractivity contribution is 5.79. The Morgan fingerprint density at radius 1 is 0.806 bits per heavy atom. The zero-order valence-electron chi connectivity index (χ0n) is 19.9. The monoisotopic (exact) mass is 414 g/mol. The first-order chi connectivity index (χ1) is 15.0. The van der Waals surface area contributed by atoms with Crippen molar-refractivity contribution in [3.8, 4) is 11.1 Å². The van der Waals surface area contributed by atoms with E-state index in [9.17, 15) is 0 Å². The summed E-state index contributed by atoms with van der Waals surface area (Å²) in [5.41, 5.74) is 9.56. The first kappa shape index (κ1) is 23.1. The summed E-state index contributed by atoms with van der Waals surface area (Å²) in [5.74, 6) is 0.498. The van der Waals surface area contributed by atoms with Crippen LogP contribution in [-0.2, 0) is 12.8 Å². The molecule has 0 saturated heterocycles. The third kappa shape index (κ3) is 5.98. The summed E-state index contributed by atoms with van der Waals surface area (Å²) in [4.78, 5) is 2.27. The molecule has 3 rings (SSSR count). The number of para-hydroxylation sites is 1. The number of aryl methyl sites for hydroxylation is 1. The highest BCUT2D eigenvalue weighted by atomic mass is 15.0. The van der Waals surface area contributed by atoms with E-state index in [0.29, 0.717) is 5.92 Å². The minimum atomic E-state index is 0.498. The molecular weight excluding hydrogens is 376 g/mol. The van der Waals surface area contributed by atoms with Crippen molar-refractivity contribution in [3.05, 3.63) is 83.4 Å². The van der Waals surface area contributed by atoms with E-state index < -0.39 is 0 Å². The van der Waals surface area contributed by atoms with Crippen molar-refractivity contribution in [1.82, 2.24) is 4.90 Å². The second kappa shape index (κ2) is 11.2. The van der Waals surface area contributed by atoms with E-state index in [1.165, 1.54) is 39.9 Å². The van der Waals surface area contributed by atoms with Crippen molar-refractivity contribution < 1.29 is 0 Å². The normalized spacial score (nSPS) is 11.3. The summed E-state index contributed by atoms with van der Waals surface area (Å²) in [5, 5.41) is 3.70. The molecular formula is C29H38N2. The Morgan fingerprint density at radius 2 is 1.52 bits per heavy atom. The van der Waals surface area contributed by atoms with Gasteiger partial charge in [0, 0.05) is 11.4 Å². The van der Waals surface area contributed by atoms with Gasteiger partial charge in [-0.1, -0.05) is 75.7 Å². The van der Waals surface area contributed by atoms with Gasteiger partial charge in [-0.25, -0.2) is 0 Å². The predicted octanol–water partition coefficient (Wildman–Crippen LogP) is 7.67. The third-order valence-electron chi connectivity index (χ3n) is 5.84. The van der Waals surface area contributed by atoms with E-state index >= 15 is 0 Å². The van der Waals surface area contributed by atoms with Gasteiger partial charge < -0.3 is 10.2 Å². The zero-order chi connectivity index (χ0) is 22.2. The Morgan fingerprint density at radius 3 is 2.19 bits per heavy atom. The second-order valence-electron chi connectivity index (χ2n) is 9.01. The Hall–Kier alpha value is -2.58. The summed E-state index contributed by atoms with van der Waals surface area (Å²) in [6.07, 6.45) is 4.51. The Kier molecular flexibility index (Phi) is 8.31. The highest BCUT2D eigenvalue weighted by Crippen LogP contribution is 2.38. The molecule has 0 aliphatic rings. The first-order valence-corrected chi connectivity index (χ1v) is 11.7. The molecule has 0 fully saturated rings. The third-order valence-corrected chi connectivity index (χ3v) is 5.84. The molecule has 2 nitrogen and oxygen atoms in total. The Labute approximate surface area is 189 Å². The summed E-state index contributed by atoms with van der Waals surface area (Å²) < 4.78 is 0. The van der Waals surface area contributed by atoms with Gasteiger partial charge in [0.05, 0.1) is 0 Å². The van der Waals surface area contributed by atoms with Crippen LogP contribution >= 0.6 is 0 Å². The first-order valence-electron chi connectivity index (χ1n) is 11.7. The predicted molar refractivity (Wildman–Crippen MR) is 137 cm³/mol. The van der Waals surface area contributed by atoms with Crippen LogP contribution in [0.3, 0.4) is 0 Å². The van der Waals surface area contributed by atoms with Crippen LogP contribution in [0.15, 0.2) is 66.7 Å². The SMILES string of the molecule is CCCc1cccc(-c2cccc(Nc3ccccc3)c2CCCN(C)C)c1C(C)C. The van der Waals surface area contributed by atoms with Crippen molar-refractivity contribution in [3.63, 3.8) is 0 Å². The minimum absolute atomic E-state index is 0.498. The maximum Gasteiger partial charge on any atom is 0.0423 e. The molecule has 1 N–H and O–H groups in total. The smallest absolute Gasteiger partial charge is 0.0423 e. The highest BCUT2D eigenvalue weighted by Gasteiger charge is 2.17. The van der Waals surface area contributed by atoms with E-state index in [1.807, 2.05) is 0 Å². The van der Waals surface area contributed by atoms with Crippen LogP contribution in [0.2, 0.25) is 0 Å². The Bertz CT molecular complexity index is 958. The summed E-state index contributed by atoms with van der Waals surface area (Å²) in [6.45, 7) is 8.02. The van der Waals surface area contributed by atoms with E-state index in [2.05, 4.69) is 112 Å². The molecule has 0 bridgehead atoms. The summed E-state index contributed by atoms with van der Waals surface area (Å²) in [6, 6.07) is 24.1. The van der Waals surface area contributed by atoms with E-state index in [-0.39, 0.29) is 0 Å². The van der Waals surface area contributed by atoms with Crippen LogP contribution in [0.5, 0.6) is 0 Å². The van der Waals surface area contributed by atoms with Crippen LogP contribution in [0, 0.1) is 0 Å². The summed E-state index contributed by atoms with van der Waals surface area (Å²) >= 11 is 0. The van der Waals surface area contributed by atoms with Gasteiger partial charge in [-0.3, -0.25) is 0 Å². The molecule has 31 heavy (non-hydrogen) atoms. The lowest BCUT2D eigenvalue weighted by Crippen LogP contribution is -2.14. The number of rotatable bonds is 10. The number of benzene rings is 3. The van der Waals surface area contributed by atoms with Crippen molar-refractivity contribution in [2.75, 3.05) is 26.0 Å². The molecule has 0 amide bonds. The molecule has 0 aliphatic carbocycles. The lowest BCUT2D eigenvalue weighted by Gasteiger charge is -2.22. The number of nitrogens with one attached hydrogen (secondary N) is 1. The lowest BCUT2D eigenvalue weighted by atomic mass is 9.84. The van der Waals surface area contributed by atoms with Gasteiger partial charge in [0.2, 0.25) is 0 Å². The zero-order valence-corrected chi connectivity index (χ0v) is 19.9. The van der Waals surface area contributed by atoms with Crippen molar-refractivity contribution >= 4 is 11.4 Å². The van der Waals surface area contributed by atoms with E-state index in [0.717, 1.165) is 31.5 Å². The van der Waals surface area contributed by atoms with Gasteiger partial charge in [0.25, 0.3) is 0 Å². The standard InChI is InChI=1S/C29H38N2/c1-6-13-23-14-10-18-27(29(23)22(2)3)25-17-11-20-28(26(25)19-12-21-31(4)5)30-24-15-8-7-9-16-24/h7-11,14-18,20,22,30H,6,12-13,19,21H2,1-5H3. The van der Waals surface area contributed by atoms with E-state index in [4.69, 9.17) is 0 Å². The number of nitrogens with zero attached hydrogens (tertiary/aromatic N) is 1. The van der Waals surface area contributed by atoms with Gasteiger partial charge in [0.1, 0.15) is 0 Å². The molecule has 164 valence electrons. The fraction of sp³-hybridized carbons (Fsp3) is 0.379. The van der Waals surface area contributed by atoms with Crippen LogP contribution in [-0.4, -0.2) is 25.5 Å². The van der Waals surface area contributed by atoms with Gasteiger partial charge in [-0.2, -0.15) is 0 Å². The topological polar surface area (TPSA) is 15.3 Å². The molecule has 2 heteroatoms. The van der Waals surface area contributed by atoms with Crippen molar-refractivity contribution in [2.24, 2.45) is 0 Å². The van der Waals surface area contributed by atoms with Gasteiger partial charge in [-0.15, -0.1) is 0 Å². The lowest BCUT2D eigenvalue weighted by molar-refractivity contribution is 0.400. The molecule has 0 unspecified atom stereocenters. The van der Waals surface area contributed by atoms with Gasteiger partial charge >= 0.3 is 0 Å². The average Bonchev–Trinajstić information content (AvgIpc) is 2.75. The molecule has 3 aromatic rings. The van der Waals surface area contributed by atoms with Crippen molar-refractivity contribution in [1.29, 1.82) is 0 Å². The van der Waals surface area contributed by atoms with E-state index in [1.54, 1.807) is 0 Å². The number of hydrogen-bond acceptors (Lipinski definition) is 2. The van der Waals surface area contributed by atoms with Gasteiger partial charge in [-0.05, 0) is 91.8 Å². The molecule has 0 radical (unpaired) electrons. The fourth-order valence-electron chi connectivity index (χ4n) is 4.49. The van der Waals surface area contributed by atoms with Crippen LogP contribution < -0.4 is 5.32 Å². The second-order valence-corrected chi connectivity index (χ2v) is 9.01. The molecule has 3 aromatic carbocycles.